The van der Waals surface area contributed by atoms with Gasteiger partial charge in [0.05, 0.1) is 29.2 Å². The minimum absolute atomic E-state index is 0.0643. The van der Waals surface area contributed by atoms with Crippen molar-refractivity contribution < 1.29 is 19.5 Å². The maximum absolute atomic E-state index is 14.9. The van der Waals surface area contributed by atoms with E-state index in [1.54, 1.807) is 21.6 Å². The highest BCUT2D eigenvalue weighted by molar-refractivity contribution is 8.02. The Bertz CT molecular complexity index is 1520. The molecule has 1 unspecified atom stereocenters. The summed E-state index contributed by atoms with van der Waals surface area (Å²) in [4.78, 5) is 49.7. The number of fused-ring (bicyclic) bond motifs is 2. The topological polar surface area (TPSA) is 81.2 Å². The Morgan fingerprint density at radius 1 is 0.932 bits per heavy atom. The highest BCUT2D eigenvalue weighted by Gasteiger charge is 2.74. The van der Waals surface area contributed by atoms with E-state index in [0.717, 1.165) is 22.4 Å². The first-order valence-electron chi connectivity index (χ1n) is 15.7. The van der Waals surface area contributed by atoms with Crippen molar-refractivity contribution in [3.05, 3.63) is 89.5 Å². The molecule has 2 saturated heterocycles. The van der Waals surface area contributed by atoms with Gasteiger partial charge in [0.1, 0.15) is 6.04 Å². The highest BCUT2D eigenvalue weighted by Crippen LogP contribution is 2.66. The zero-order valence-electron chi connectivity index (χ0n) is 26.3. The fraction of sp³-hybridized carbons (Fsp3) is 0.472. The van der Waals surface area contributed by atoms with Crippen LogP contribution in [0.2, 0.25) is 0 Å². The Balaban J connectivity index is 1.48. The van der Waals surface area contributed by atoms with Crippen LogP contribution in [0.4, 0.5) is 5.69 Å². The maximum atomic E-state index is 14.9. The number of carbonyl (C=O) groups is 3. The number of benzene rings is 2. The molecule has 4 heterocycles. The Morgan fingerprint density at radius 2 is 1.66 bits per heavy atom. The van der Waals surface area contributed by atoms with Crippen molar-refractivity contribution >= 4 is 35.2 Å². The monoisotopic (exact) mass is 613 g/mol. The van der Waals surface area contributed by atoms with Crippen molar-refractivity contribution in [1.82, 2.24) is 9.80 Å². The lowest BCUT2D eigenvalue weighted by atomic mass is 9.74. The predicted octanol–water partition coefficient (Wildman–Crippen LogP) is 4.90. The molecule has 4 aliphatic rings. The van der Waals surface area contributed by atoms with E-state index in [1.807, 2.05) is 86.4 Å². The van der Waals surface area contributed by atoms with Gasteiger partial charge in [0, 0.05) is 30.1 Å². The van der Waals surface area contributed by atoms with Gasteiger partial charge in [-0.1, -0.05) is 80.6 Å². The third-order valence-corrected chi connectivity index (χ3v) is 11.6. The minimum Gasteiger partial charge on any atom is -0.394 e. The van der Waals surface area contributed by atoms with Crippen molar-refractivity contribution in [2.24, 2.45) is 17.8 Å². The van der Waals surface area contributed by atoms with Crippen LogP contribution < -0.4 is 4.90 Å². The summed E-state index contributed by atoms with van der Waals surface area (Å²) < 4.78 is -1.64. The van der Waals surface area contributed by atoms with E-state index in [4.69, 9.17) is 0 Å². The molecular formula is C36H43N3O4S. The summed E-state index contributed by atoms with van der Waals surface area (Å²) in [6, 6.07) is 14.6. The zero-order valence-corrected chi connectivity index (χ0v) is 27.1. The summed E-state index contributed by atoms with van der Waals surface area (Å²) >= 11 is 1.59. The number of rotatable bonds is 7. The number of nitrogens with zero attached hydrogens (tertiary/aromatic N) is 3. The summed E-state index contributed by atoms with van der Waals surface area (Å²) in [6.07, 6.45) is 8.76. The van der Waals surface area contributed by atoms with Crippen molar-refractivity contribution in [1.29, 1.82) is 0 Å². The first kappa shape index (κ1) is 30.7. The SMILES string of the molecule is Cc1ccc(C)c(N2CC=C[C@]34S[C@@]5(C)C=CCN(Cc6ccccc6)C(=O)[C@H]5[C@H]3C(=O)N([C@@H](CO)CC(C)C)C4C2=O)c1. The van der Waals surface area contributed by atoms with Gasteiger partial charge in [0.25, 0.3) is 5.91 Å². The summed E-state index contributed by atoms with van der Waals surface area (Å²) in [5.74, 6) is -1.63. The molecule has 4 aliphatic heterocycles. The Kier molecular flexibility index (Phi) is 8.03. The van der Waals surface area contributed by atoms with Gasteiger partial charge >= 0.3 is 0 Å². The van der Waals surface area contributed by atoms with Crippen molar-refractivity contribution in [2.75, 3.05) is 24.6 Å². The lowest BCUT2D eigenvalue weighted by molar-refractivity contribution is -0.145. The minimum atomic E-state index is -0.958. The number of likely N-dealkylation sites (tertiary alicyclic amines) is 1. The van der Waals surface area contributed by atoms with E-state index < -0.39 is 33.4 Å². The van der Waals surface area contributed by atoms with Gasteiger partial charge in [-0.05, 0) is 55.9 Å². The number of anilines is 1. The summed E-state index contributed by atoms with van der Waals surface area (Å²) in [6.45, 7) is 11.2. The molecule has 2 aromatic carbocycles. The molecule has 3 amide bonds. The first-order valence-corrected chi connectivity index (χ1v) is 16.5. The average Bonchev–Trinajstić information content (AvgIpc) is 3.27. The molecule has 0 aromatic heterocycles. The molecule has 0 aliphatic carbocycles. The van der Waals surface area contributed by atoms with Gasteiger partial charge in [-0.15, -0.1) is 11.8 Å². The van der Waals surface area contributed by atoms with Gasteiger partial charge in [-0.2, -0.15) is 0 Å². The van der Waals surface area contributed by atoms with Crippen LogP contribution in [0, 0.1) is 31.6 Å². The third kappa shape index (κ3) is 4.91. The highest BCUT2D eigenvalue weighted by atomic mass is 32.2. The average molecular weight is 614 g/mol. The molecule has 6 atom stereocenters. The van der Waals surface area contributed by atoms with Gasteiger partial charge in [-0.25, -0.2) is 0 Å². The zero-order chi connectivity index (χ0) is 31.4. The van der Waals surface area contributed by atoms with E-state index in [0.29, 0.717) is 26.1 Å². The molecule has 2 aromatic rings. The van der Waals surface area contributed by atoms with Crippen LogP contribution in [0.5, 0.6) is 0 Å². The number of aliphatic hydroxyl groups excluding tert-OH is 1. The lowest BCUT2D eigenvalue weighted by Gasteiger charge is -2.40. The second-order valence-electron chi connectivity index (χ2n) is 13.5. The molecule has 0 saturated carbocycles. The number of aliphatic hydroxyl groups is 1. The Morgan fingerprint density at radius 3 is 2.36 bits per heavy atom. The summed E-state index contributed by atoms with van der Waals surface area (Å²) in [5, 5.41) is 10.7. The number of aryl methyl sites for hydroxylation is 2. The van der Waals surface area contributed by atoms with E-state index in [-0.39, 0.29) is 30.2 Å². The fourth-order valence-electron chi connectivity index (χ4n) is 7.90. The second kappa shape index (κ2) is 11.5. The molecule has 232 valence electrons. The maximum Gasteiger partial charge on any atom is 0.251 e. The summed E-state index contributed by atoms with van der Waals surface area (Å²) in [7, 11) is 0. The van der Waals surface area contributed by atoms with Crippen molar-refractivity contribution in [2.45, 2.75) is 69.2 Å². The predicted molar refractivity (Wildman–Crippen MR) is 175 cm³/mol. The molecule has 8 heteroatoms. The number of hydrogen-bond donors (Lipinski definition) is 1. The Labute approximate surface area is 265 Å². The van der Waals surface area contributed by atoms with Crippen LogP contribution in [0.3, 0.4) is 0 Å². The van der Waals surface area contributed by atoms with Gasteiger partial charge in [-0.3, -0.25) is 14.4 Å². The molecule has 2 fully saturated rings. The molecule has 1 spiro atoms. The first-order chi connectivity index (χ1) is 21.0. The van der Waals surface area contributed by atoms with Crippen LogP contribution in [0.25, 0.3) is 0 Å². The van der Waals surface area contributed by atoms with Gasteiger partial charge in [0.2, 0.25) is 11.8 Å². The third-order valence-electron chi connectivity index (χ3n) is 9.80. The molecular weight excluding hydrogens is 570 g/mol. The normalized spacial score (nSPS) is 30.4. The fourth-order valence-corrected chi connectivity index (χ4v) is 10.0. The number of carbonyl (C=O) groups excluding carboxylic acids is 3. The van der Waals surface area contributed by atoms with E-state index >= 15 is 0 Å². The van der Waals surface area contributed by atoms with Crippen LogP contribution in [-0.4, -0.2) is 73.9 Å². The van der Waals surface area contributed by atoms with Crippen LogP contribution in [0.15, 0.2) is 72.8 Å². The molecule has 0 bridgehead atoms. The second-order valence-corrected chi connectivity index (χ2v) is 15.2. The molecule has 7 nitrogen and oxygen atoms in total. The molecule has 0 radical (unpaired) electrons. The van der Waals surface area contributed by atoms with Crippen LogP contribution >= 0.6 is 11.8 Å². The number of hydrogen-bond acceptors (Lipinski definition) is 5. The molecule has 6 rings (SSSR count). The van der Waals surface area contributed by atoms with Gasteiger partial charge < -0.3 is 19.8 Å². The molecule has 44 heavy (non-hydrogen) atoms. The number of thioether (sulfide) groups is 1. The lowest BCUT2D eigenvalue weighted by Crippen LogP contribution is -2.57. The van der Waals surface area contributed by atoms with E-state index in [1.165, 1.54) is 0 Å². The largest absolute Gasteiger partial charge is 0.394 e. The smallest absolute Gasteiger partial charge is 0.251 e. The van der Waals surface area contributed by atoms with E-state index in [9.17, 15) is 19.5 Å². The van der Waals surface area contributed by atoms with Crippen LogP contribution in [0.1, 0.15) is 43.9 Å². The number of amides is 3. The van der Waals surface area contributed by atoms with Crippen molar-refractivity contribution in [3.63, 3.8) is 0 Å². The summed E-state index contributed by atoms with van der Waals surface area (Å²) in [5.41, 5.74) is 3.88. The van der Waals surface area contributed by atoms with Crippen LogP contribution in [-0.2, 0) is 20.9 Å². The van der Waals surface area contributed by atoms with E-state index in [2.05, 4.69) is 26.0 Å². The quantitative estimate of drug-likeness (QED) is 0.450. The standard InChI is InChI=1S/C36H43N3O4S/c1-23(2)19-27(22-40)39-31-34(43)38(28-20-24(3)13-14-25(28)4)18-10-16-36(31)30(33(39)42)29-32(41)37(17-9-15-35(29,5)44-36)21-26-11-7-6-8-12-26/h6-16,20,23,27,29-31,40H,17-19,21-22H2,1-5H3/t27-,29-,30+,31?,35+,36+/m1/s1. The van der Waals surface area contributed by atoms with Crippen molar-refractivity contribution in [3.8, 4) is 0 Å². The Hall–Kier alpha value is -3.36. The molecule has 1 N–H and O–H groups in total. The van der Waals surface area contributed by atoms with Gasteiger partial charge in [0.15, 0.2) is 0 Å².